The lowest BCUT2D eigenvalue weighted by atomic mass is 10.1. The fourth-order valence-electron chi connectivity index (χ4n) is 2.99. The average Bonchev–Trinajstić information content (AvgIpc) is 2.67. The van der Waals surface area contributed by atoms with Gasteiger partial charge in [-0.15, -0.1) is 10.2 Å². The van der Waals surface area contributed by atoms with E-state index in [0.717, 1.165) is 44.1 Å². The van der Waals surface area contributed by atoms with Gasteiger partial charge in [-0.25, -0.2) is 4.98 Å². The third-order valence-electron chi connectivity index (χ3n) is 4.20. The molecule has 0 aliphatic heterocycles. The van der Waals surface area contributed by atoms with E-state index in [2.05, 4.69) is 21.2 Å². The minimum Gasteiger partial charge on any atom is -0.256 e. The summed E-state index contributed by atoms with van der Waals surface area (Å²) in [6, 6.07) is 22.1. The molecule has 0 aliphatic carbocycles. The van der Waals surface area contributed by atoms with Crippen LogP contribution in [-0.2, 0) is 0 Å². The normalized spacial score (nSPS) is 11.3. The van der Waals surface area contributed by atoms with Crippen LogP contribution >= 0.6 is 0 Å². The first-order valence-electron chi connectivity index (χ1n) is 7.76. The maximum atomic E-state index is 4.84. The lowest BCUT2D eigenvalue weighted by Gasteiger charge is -2.06. The number of aromatic nitrogens is 4. The van der Waals surface area contributed by atoms with Crippen molar-refractivity contribution in [1.82, 2.24) is 20.2 Å². The van der Waals surface area contributed by atoms with E-state index in [1.807, 2.05) is 60.7 Å². The molecule has 0 saturated carbocycles. The SMILES string of the molecule is c1ccc2nnc(-c3ccc4ccc5ncccc5c4n3)cc2c1. The molecule has 24 heavy (non-hydrogen) atoms. The molecular formula is C20H12N4. The number of pyridine rings is 2. The van der Waals surface area contributed by atoms with Crippen molar-refractivity contribution in [1.29, 1.82) is 0 Å². The first-order valence-corrected chi connectivity index (χ1v) is 7.76. The molecular weight excluding hydrogens is 296 g/mol. The Morgan fingerprint density at radius 1 is 0.625 bits per heavy atom. The van der Waals surface area contributed by atoms with Crippen LogP contribution in [0.15, 0.2) is 72.9 Å². The van der Waals surface area contributed by atoms with E-state index in [1.165, 1.54) is 0 Å². The van der Waals surface area contributed by atoms with E-state index in [9.17, 15) is 0 Å². The Morgan fingerprint density at radius 3 is 2.54 bits per heavy atom. The van der Waals surface area contributed by atoms with Gasteiger partial charge in [0.05, 0.1) is 22.2 Å². The van der Waals surface area contributed by atoms with Gasteiger partial charge in [-0.1, -0.05) is 30.3 Å². The minimum atomic E-state index is 0.775. The molecule has 0 spiro atoms. The quantitative estimate of drug-likeness (QED) is 0.431. The Hall–Kier alpha value is -3.40. The molecule has 2 aromatic carbocycles. The monoisotopic (exact) mass is 308 g/mol. The summed E-state index contributed by atoms with van der Waals surface area (Å²) in [5.41, 5.74) is 4.36. The zero-order chi connectivity index (χ0) is 15.9. The molecule has 0 atom stereocenters. The molecule has 4 nitrogen and oxygen atoms in total. The van der Waals surface area contributed by atoms with Gasteiger partial charge in [0, 0.05) is 22.4 Å². The molecule has 0 fully saturated rings. The predicted molar refractivity (Wildman–Crippen MR) is 95.6 cm³/mol. The van der Waals surface area contributed by atoms with Crippen LogP contribution in [-0.4, -0.2) is 20.2 Å². The Kier molecular flexibility index (Phi) is 2.76. The molecule has 5 aromatic rings. The fraction of sp³-hybridized carbons (Fsp3) is 0. The molecule has 3 aromatic heterocycles. The molecule has 0 N–H and O–H groups in total. The van der Waals surface area contributed by atoms with Crippen LogP contribution in [0.5, 0.6) is 0 Å². The molecule has 0 bridgehead atoms. The second kappa shape index (κ2) is 5.06. The van der Waals surface area contributed by atoms with Gasteiger partial charge in [0.15, 0.2) is 0 Å². The van der Waals surface area contributed by atoms with Crippen LogP contribution in [0.25, 0.3) is 44.1 Å². The van der Waals surface area contributed by atoms with Gasteiger partial charge in [0.2, 0.25) is 0 Å². The number of hydrogen-bond acceptors (Lipinski definition) is 4. The summed E-state index contributed by atoms with van der Waals surface area (Å²) in [5, 5.41) is 11.8. The number of rotatable bonds is 1. The highest BCUT2D eigenvalue weighted by Crippen LogP contribution is 2.26. The van der Waals surface area contributed by atoms with Crippen LogP contribution in [0, 0.1) is 0 Å². The first-order chi connectivity index (χ1) is 11.9. The molecule has 5 rings (SSSR count). The predicted octanol–water partition coefficient (Wildman–Crippen LogP) is 4.39. The lowest BCUT2D eigenvalue weighted by molar-refractivity contribution is 1.07. The van der Waals surface area contributed by atoms with Crippen LogP contribution in [0.3, 0.4) is 0 Å². The molecule has 0 saturated heterocycles. The van der Waals surface area contributed by atoms with Crippen molar-refractivity contribution >= 4 is 32.7 Å². The van der Waals surface area contributed by atoms with E-state index >= 15 is 0 Å². The second-order valence-corrected chi connectivity index (χ2v) is 5.69. The van der Waals surface area contributed by atoms with Crippen molar-refractivity contribution in [2.24, 2.45) is 0 Å². The number of fused-ring (bicyclic) bond motifs is 4. The van der Waals surface area contributed by atoms with Gasteiger partial charge in [0.1, 0.15) is 5.69 Å². The third-order valence-corrected chi connectivity index (χ3v) is 4.20. The van der Waals surface area contributed by atoms with Gasteiger partial charge < -0.3 is 0 Å². The standard InChI is InChI=1S/C20H12N4/c1-2-6-16-14(4-1)12-19(24-23-16)18-10-8-13-7-9-17-15(20(13)22-18)5-3-11-21-17/h1-12H. The van der Waals surface area contributed by atoms with Crippen molar-refractivity contribution in [2.75, 3.05) is 0 Å². The Bertz CT molecular complexity index is 1210. The highest BCUT2D eigenvalue weighted by atomic mass is 15.1. The fourth-order valence-corrected chi connectivity index (χ4v) is 2.99. The van der Waals surface area contributed by atoms with Crippen LogP contribution < -0.4 is 0 Å². The minimum absolute atomic E-state index is 0.775. The van der Waals surface area contributed by atoms with Crippen molar-refractivity contribution in [3.63, 3.8) is 0 Å². The van der Waals surface area contributed by atoms with Gasteiger partial charge in [-0.05, 0) is 36.4 Å². The second-order valence-electron chi connectivity index (χ2n) is 5.69. The van der Waals surface area contributed by atoms with E-state index in [4.69, 9.17) is 4.98 Å². The zero-order valence-electron chi connectivity index (χ0n) is 12.7. The van der Waals surface area contributed by atoms with Gasteiger partial charge in [0.25, 0.3) is 0 Å². The van der Waals surface area contributed by atoms with Crippen LogP contribution in [0.4, 0.5) is 0 Å². The topological polar surface area (TPSA) is 51.6 Å². The summed E-state index contributed by atoms with van der Waals surface area (Å²) in [7, 11) is 0. The average molecular weight is 308 g/mol. The summed E-state index contributed by atoms with van der Waals surface area (Å²) in [6.45, 7) is 0. The Labute approximate surface area is 137 Å². The van der Waals surface area contributed by atoms with E-state index in [-0.39, 0.29) is 0 Å². The highest BCUT2D eigenvalue weighted by Gasteiger charge is 2.08. The van der Waals surface area contributed by atoms with Gasteiger partial charge >= 0.3 is 0 Å². The summed E-state index contributed by atoms with van der Waals surface area (Å²) < 4.78 is 0. The Morgan fingerprint density at radius 2 is 1.54 bits per heavy atom. The van der Waals surface area contributed by atoms with Gasteiger partial charge in [-0.3, -0.25) is 4.98 Å². The highest BCUT2D eigenvalue weighted by molar-refractivity contribution is 6.04. The summed E-state index contributed by atoms with van der Waals surface area (Å²) in [4.78, 5) is 9.24. The van der Waals surface area contributed by atoms with E-state index in [0.29, 0.717) is 0 Å². The molecule has 0 aliphatic rings. The summed E-state index contributed by atoms with van der Waals surface area (Å²) in [6.07, 6.45) is 1.80. The molecule has 112 valence electrons. The van der Waals surface area contributed by atoms with Crippen LogP contribution in [0.2, 0.25) is 0 Å². The molecule has 0 radical (unpaired) electrons. The zero-order valence-corrected chi connectivity index (χ0v) is 12.7. The number of benzene rings is 2. The van der Waals surface area contributed by atoms with Crippen molar-refractivity contribution in [2.45, 2.75) is 0 Å². The van der Waals surface area contributed by atoms with Crippen molar-refractivity contribution in [3.8, 4) is 11.4 Å². The maximum Gasteiger partial charge on any atom is 0.112 e. The smallest absolute Gasteiger partial charge is 0.112 e. The van der Waals surface area contributed by atoms with Crippen molar-refractivity contribution in [3.05, 3.63) is 72.9 Å². The largest absolute Gasteiger partial charge is 0.256 e. The summed E-state index contributed by atoms with van der Waals surface area (Å²) in [5.74, 6) is 0. The number of hydrogen-bond donors (Lipinski definition) is 0. The van der Waals surface area contributed by atoms with Crippen LogP contribution in [0.1, 0.15) is 0 Å². The molecule has 3 heterocycles. The number of nitrogens with zero attached hydrogens (tertiary/aromatic N) is 4. The van der Waals surface area contributed by atoms with E-state index in [1.54, 1.807) is 6.20 Å². The molecule has 0 amide bonds. The maximum absolute atomic E-state index is 4.84. The first kappa shape index (κ1) is 13.1. The molecule has 0 unspecified atom stereocenters. The molecule has 4 heteroatoms. The summed E-state index contributed by atoms with van der Waals surface area (Å²) >= 11 is 0. The lowest BCUT2D eigenvalue weighted by Crippen LogP contribution is -1.92. The van der Waals surface area contributed by atoms with Crippen molar-refractivity contribution < 1.29 is 0 Å². The Balaban J connectivity index is 1.77. The van der Waals surface area contributed by atoms with E-state index < -0.39 is 0 Å². The van der Waals surface area contributed by atoms with Gasteiger partial charge in [-0.2, -0.15) is 0 Å². The third kappa shape index (κ3) is 2.01.